The molecule has 0 bridgehead atoms. The molecule has 2 aromatic rings. The predicted molar refractivity (Wildman–Crippen MR) is 81.6 cm³/mol. The normalized spacial score (nSPS) is 13.7. The highest BCUT2D eigenvalue weighted by molar-refractivity contribution is 6.42. The van der Waals surface area contributed by atoms with Crippen molar-refractivity contribution in [1.29, 1.82) is 0 Å². The third-order valence-corrected chi connectivity index (χ3v) is 4.13. The minimum atomic E-state index is -0.469. The molecule has 0 aliphatic carbocycles. The van der Waals surface area contributed by atoms with Crippen molar-refractivity contribution < 1.29 is 9.18 Å². The van der Waals surface area contributed by atoms with E-state index in [1.54, 1.807) is 11.0 Å². The van der Waals surface area contributed by atoms with Gasteiger partial charge in [-0.3, -0.25) is 5.32 Å². The van der Waals surface area contributed by atoms with Crippen LogP contribution in [0, 0.1) is 5.95 Å². The van der Waals surface area contributed by atoms with Gasteiger partial charge in [-0.2, -0.15) is 4.39 Å². The zero-order valence-corrected chi connectivity index (χ0v) is 12.8. The molecule has 0 spiro atoms. The van der Waals surface area contributed by atoms with Crippen molar-refractivity contribution >= 4 is 35.1 Å². The standard InChI is InChI=1S/C14H11Cl2FN4O/c15-10-5-12(19-6-11(10)16)20-14(22)21-4-2-9-8(7-21)1-3-18-13(9)17/h1,3,5-6H,2,4,7H2,(H,19,20,22). The Hall–Kier alpha value is -1.92. The van der Waals surface area contributed by atoms with Crippen LogP contribution in [0.3, 0.4) is 0 Å². The Morgan fingerprint density at radius 1 is 1.32 bits per heavy atom. The molecule has 0 aromatic carbocycles. The van der Waals surface area contributed by atoms with E-state index in [-0.39, 0.29) is 6.03 Å². The number of rotatable bonds is 1. The molecule has 2 amide bonds. The Morgan fingerprint density at radius 3 is 2.91 bits per heavy atom. The molecule has 0 saturated carbocycles. The van der Waals surface area contributed by atoms with Crippen LogP contribution in [0.1, 0.15) is 11.1 Å². The van der Waals surface area contributed by atoms with Crippen LogP contribution in [0.15, 0.2) is 24.5 Å². The van der Waals surface area contributed by atoms with Crippen molar-refractivity contribution in [2.24, 2.45) is 0 Å². The maximum Gasteiger partial charge on any atom is 0.323 e. The predicted octanol–water partition coefficient (Wildman–Crippen LogP) is 3.51. The van der Waals surface area contributed by atoms with Gasteiger partial charge in [0.2, 0.25) is 5.95 Å². The number of urea groups is 1. The second kappa shape index (κ2) is 6.06. The lowest BCUT2D eigenvalue weighted by Crippen LogP contribution is -2.39. The van der Waals surface area contributed by atoms with Crippen LogP contribution in [0.5, 0.6) is 0 Å². The monoisotopic (exact) mass is 340 g/mol. The molecule has 1 aliphatic rings. The molecule has 0 atom stereocenters. The summed E-state index contributed by atoms with van der Waals surface area (Å²) in [5, 5.41) is 3.27. The molecule has 2 aromatic heterocycles. The van der Waals surface area contributed by atoms with E-state index in [2.05, 4.69) is 15.3 Å². The molecule has 5 nitrogen and oxygen atoms in total. The number of aromatic nitrogens is 2. The Kier molecular flexibility index (Phi) is 4.13. The molecule has 0 fully saturated rings. The Labute approximate surface area is 136 Å². The fourth-order valence-electron chi connectivity index (χ4n) is 2.29. The van der Waals surface area contributed by atoms with Gasteiger partial charge in [0.1, 0.15) is 5.82 Å². The molecule has 3 rings (SSSR count). The van der Waals surface area contributed by atoms with Crippen LogP contribution in [-0.4, -0.2) is 27.4 Å². The molecule has 1 N–H and O–H groups in total. The second-order valence-electron chi connectivity index (χ2n) is 4.82. The lowest BCUT2D eigenvalue weighted by Gasteiger charge is -2.28. The average Bonchev–Trinajstić information content (AvgIpc) is 2.51. The summed E-state index contributed by atoms with van der Waals surface area (Å²) >= 11 is 11.7. The van der Waals surface area contributed by atoms with Crippen LogP contribution >= 0.6 is 23.2 Å². The number of halogens is 3. The summed E-state index contributed by atoms with van der Waals surface area (Å²) in [5.41, 5.74) is 1.33. The number of nitrogens with zero attached hydrogens (tertiary/aromatic N) is 3. The van der Waals surface area contributed by atoms with Crippen LogP contribution < -0.4 is 5.32 Å². The average molecular weight is 341 g/mol. The lowest BCUT2D eigenvalue weighted by molar-refractivity contribution is 0.205. The molecule has 8 heteroatoms. The number of carbonyl (C=O) groups excluding carboxylic acids is 1. The molecular formula is C14H11Cl2FN4O. The van der Waals surface area contributed by atoms with Gasteiger partial charge in [-0.05, 0) is 18.1 Å². The largest absolute Gasteiger partial charge is 0.323 e. The molecule has 114 valence electrons. The van der Waals surface area contributed by atoms with E-state index in [9.17, 15) is 9.18 Å². The third-order valence-electron chi connectivity index (χ3n) is 3.42. The third kappa shape index (κ3) is 2.98. The van der Waals surface area contributed by atoms with Crippen LogP contribution in [-0.2, 0) is 13.0 Å². The minimum absolute atomic E-state index is 0.309. The van der Waals surface area contributed by atoms with Gasteiger partial charge in [-0.25, -0.2) is 14.8 Å². The Morgan fingerprint density at radius 2 is 2.14 bits per heavy atom. The first-order valence-electron chi connectivity index (χ1n) is 6.54. The smallest absolute Gasteiger partial charge is 0.320 e. The molecular weight excluding hydrogens is 330 g/mol. The highest BCUT2D eigenvalue weighted by Gasteiger charge is 2.23. The summed E-state index contributed by atoms with van der Waals surface area (Å²) in [6.07, 6.45) is 3.19. The molecule has 0 radical (unpaired) electrons. The van der Waals surface area contributed by atoms with Crippen LogP contribution in [0.4, 0.5) is 15.0 Å². The van der Waals surface area contributed by atoms with Crippen molar-refractivity contribution in [3.63, 3.8) is 0 Å². The fraction of sp³-hybridized carbons (Fsp3) is 0.214. The number of nitrogens with one attached hydrogen (secondary N) is 1. The lowest BCUT2D eigenvalue weighted by atomic mass is 10.0. The van der Waals surface area contributed by atoms with Gasteiger partial charge >= 0.3 is 6.03 Å². The summed E-state index contributed by atoms with van der Waals surface area (Å²) in [5.74, 6) is -0.158. The van der Waals surface area contributed by atoms with E-state index in [4.69, 9.17) is 23.2 Å². The summed E-state index contributed by atoms with van der Waals surface area (Å²) in [4.78, 5) is 21.4. The van der Waals surface area contributed by atoms with Gasteiger partial charge < -0.3 is 4.90 Å². The van der Waals surface area contributed by atoms with E-state index < -0.39 is 5.95 Å². The maximum absolute atomic E-state index is 13.6. The van der Waals surface area contributed by atoms with Gasteiger partial charge in [0, 0.05) is 37.1 Å². The van der Waals surface area contributed by atoms with Gasteiger partial charge in [0.15, 0.2) is 0 Å². The zero-order chi connectivity index (χ0) is 15.7. The highest BCUT2D eigenvalue weighted by atomic mass is 35.5. The number of carbonyl (C=O) groups is 1. The van der Waals surface area contributed by atoms with Crippen molar-refractivity contribution in [1.82, 2.24) is 14.9 Å². The molecule has 0 unspecified atom stereocenters. The van der Waals surface area contributed by atoms with Gasteiger partial charge in [0.05, 0.1) is 10.0 Å². The maximum atomic E-state index is 13.6. The molecule has 22 heavy (non-hydrogen) atoms. The number of hydrogen-bond donors (Lipinski definition) is 1. The van der Waals surface area contributed by atoms with Crippen LogP contribution in [0.2, 0.25) is 10.0 Å². The summed E-state index contributed by atoms with van der Waals surface area (Å²) < 4.78 is 13.6. The van der Waals surface area contributed by atoms with Crippen molar-refractivity contribution in [3.05, 3.63) is 51.6 Å². The second-order valence-corrected chi connectivity index (χ2v) is 5.64. The first kappa shape index (κ1) is 15.0. The number of anilines is 1. The highest BCUT2D eigenvalue weighted by Crippen LogP contribution is 2.24. The minimum Gasteiger partial charge on any atom is -0.320 e. The van der Waals surface area contributed by atoms with Gasteiger partial charge in [-0.1, -0.05) is 23.2 Å². The van der Waals surface area contributed by atoms with Crippen molar-refractivity contribution in [2.75, 3.05) is 11.9 Å². The fourth-order valence-corrected chi connectivity index (χ4v) is 2.55. The van der Waals surface area contributed by atoms with Crippen LogP contribution in [0.25, 0.3) is 0 Å². The van der Waals surface area contributed by atoms with E-state index in [1.165, 1.54) is 18.5 Å². The SMILES string of the molecule is O=C(Nc1cc(Cl)c(Cl)cn1)N1CCc2c(ccnc2F)C1. The van der Waals surface area contributed by atoms with Gasteiger partial charge in [-0.15, -0.1) is 0 Å². The van der Waals surface area contributed by atoms with Crippen molar-refractivity contribution in [3.8, 4) is 0 Å². The van der Waals surface area contributed by atoms with E-state index in [0.29, 0.717) is 40.9 Å². The zero-order valence-electron chi connectivity index (χ0n) is 11.3. The molecule has 0 saturated heterocycles. The Bertz CT molecular complexity index is 741. The number of fused-ring (bicyclic) bond motifs is 1. The van der Waals surface area contributed by atoms with E-state index in [0.717, 1.165) is 5.56 Å². The van der Waals surface area contributed by atoms with Crippen molar-refractivity contribution in [2.45, 2.75) is 13.0 Å². The molecule has 1 aliphatic heterocycles. The number of pyridine rings is 2. The van der Waals surface area contributed by atoms with E-state index in [1.807, 2.05) is 0 Å². The van der Waals surface area contributed by atoms with Gasteiger partial charge in [0.25, 0.3) is 0 Å². The summed E-state index contributed by atoms with van der Waals surface area (Å²) in [7, 11) is 0. The Balaban J connectivity index is 1.72. The first-order valence-corrected chi connectivity index (χ1v) is 7.29. The number of hydrogen-bond acceptors (Lipinski definition) is 3. The first-order chi connectivity index (χ1) is 10.5. The summed E-state index contributed by atoms with van der Waals surface area (Å²) in [6, 6.07) is 2.87. The van der Waals surface area contributed by atoms with E-state index >= 15 is 0 Å². The topological polar surface area (TPSA) is 58.1 Å². The quantitative estimate of drug-likeness (QED) is 0.808. The molecule has 3 heterocycles. The summed E-state index contributed by atoms with van der Waals surface area (Å²) in [6.45, 7) is 0.727. The number of amides is 2.